The first-order valence-electron chi connectivity index (χ1n) is 8.33. The fourth-order valence-electron chi connectivity index (χ4n) is 3.01. The average molecular weight is 330 g/mol. The molecule has 1 aromatic carbocycles. The van der Waals surface area contributed by atoms with E-state index in [0.29, 0.717) is 24.3 Å². The van der Waals surface area contributed by atoms with E-state index < -0.39 is 11.8 Å². The number of hydrogen-bond donors (Lipinski definition) is 0. The van der Waals surface area contributed by atoms with Crippen LogP contribution in [-0.2, 0) is 23.4 Å². The maximum atomic E-state index is 13.4. The fraction of sp³-hybridized carbons (Fsp3) is 0.667. The lowest BCUT2D eigenvalue weighted by molar-refractivity contribution is -0.272. The molecule has 0 fully saturated rings. The van der Waals surface area contributed by atoms with E-state index in [1.807, 2.05) is 6.92 Å². The Hall–Kier alpha value is -1.23. The quantitative estimate of drug-likeness (QED) is 0.613. The van der Waals surface area contributed by atoms with E-state index in [0.717, 1.165) is 38.2 Å². The molecule has 5 heteroatoms. The van der Waals surface area contributed by atoms with Crippen LogP contribution < -0.4 is 4.74 Å². The molecule has 0 saturated heterocycles. The highest BCUT2D eigenvalue weighted by Crippen LogP contribution is 2.49. The number of hydrogen-bond acceptors (Lipinski definition) is 2. The van der Waals surface area contributed by atoms with Gasteiger partial charge in [0.05, 0.1) is 13.2 Å². The van der Waals surface area contributed by atoms with Crippen molar-refractivity contribution >= 4 is 0 Å². The van der Waals surface area contributed by atoms with Crippen LogP contribution in [-0.4, -0.2) is 12.8 Å². The minimum Gasteiger partial charge on any atom is -0.493 e. The van der Waals surface area contributed by atoms with Crippen molar-refractivity contribution in [2.45, 2.75) is 71.3 Å². The summed E-state index contributed by atoms with van der Waals surface area (Å²) in [6.45, 7) is 5.83. The van der Waals surface area contributed by atoms with Gasteiger partial charge < -0.3 is 9.47 Å². The van der Waals surface area contributed by atoms with Gasteiger partial charge in [-0.3, -0.25) is 0 Å². The zero-order chi connectivity index (χ0) is 17.1. The Labute approximate surface area is 136 Å². The number of alkyl halides is 3. The summed E-state index contributed by atoms with van der Waals surface area (Å²) in [5, 5.41) is 0. The summed E-state index contributed by atoms with van der Waals surface area (Å²) in [6, 6.07) is 3.19. The van der Waals surface area contributed by atoms with Gasteiger partial charge in [-0.15, -0.1) is 0 Å². The minimum atomic E-state index is -4.43. The molecular weight excluding hydrogens is 305 g/mol. The lowest BCUT2D eigenvalue weighted by Crippen LogP contribution is -2.39. The summed E-state index contributed by atoms with van der Waals surface area (Å²) < 4.78 is 51.1. The smallest absolute Gasteiger partial charge is 0.421 e. The van der Waals surface area contributed by atoms with Gasteiger partial charge in [-0.1, -0.05) is 39.2 Å². The molecule has 1 heterocycles. The van der Waals surface area contributed by atoms with Gasteiger partial charge in [0.2, 0.25) is 0 Å². The summed E-state index contributed by atoms with van der Waals surface area (Å²) in [6.07, 6.45) is 0.270. The highest BCUT2D eigenvalue weighted by Gasteiger charge is 2.57. The van der Waals surface area contributed by atoms with Gasteiger partial charge in [0.15, 0.2) is 5.60 Å². The van der Waals surface area contributed by atoms with E-state index in [9.17, 15) is 13.2 Å². The molecule has 1 aliphatic rings. The number of unbranched alkanes of at least 4 members (excludes halogenated alkanes) is 2. The van der Waals surface area contributed by atoms with Crippen LogP contribution in [0, 0.1) is 0 Å². The Morgan fingerprint density at radius 1 is 1.17 bits per heavy atom. The van der Waals surface area contributed by atoms with Crippen molar-refractivity contribution in [3.63, 3.8) is 0 Å². The number of benzene rings is 1. The summed E-state index contributed by atoms with van der Waals surface area (Å²) in [5.74, 6) is 0.705. The molecule has 23 heavy (non-hydrogen) atoms. The monoisotopic (exact) mass is 330 g/mol. The second kappa shape index (κ2) is 7.12. The van der Waals surface area contributed by atoms with Crippen molar-refractivity contribution < 1.29 is 22.6 Å². The first-order valence-corrected chi connectivity index (χ1v) is 8.33. The van der Waals surface area contributed by atoms with Gasteiger partial charge in [0.25, 0.3) is 0 Å². The lowest BCUT2D eigenvalue weighted by atomic mass is 9.89. The molecule has 1 aliphatic heterocycles. The van der Waals surface area contributed by atoms with Gasteiger partial charge in [-0.25, -0.2) is 0 Å². The Morgan fingerprint density at radius 2 is 1.91 bits per heavy atom. The molecular formula is C18H25F3O2. The highest BCUT2D eigenvalue weighted by molar-refractivity contribution is 5.49. The van der Waals surface area contributed by atoms with Gasteiger partial charge >= 0.3 is 6.18 Å². The van der Waals surface area contributed by atoms with Crippen molar-refractivity contribution in [1.29, 1.82) is 0 Å². The van der Waals surface area contributed by atoms with Gasteiger partial charge in [-0.05, 0) is 37.0 Å². The number of fused-ring (bicyclic) bond motifs is 1. The number of rotatable bonds is 7. The maximum absolute atomic E-state index is 13.4. The molecule has 2 rings (SSSR count). The van der Waals surface area contributed by atoms with Crippen LogP contribution >= 0.6 is 0 Å². The van der Waals surface area contributed by atoms with Gasteiger partial charge in [0.1, 0.15) is 5.75 Å². The van der Waals surface area contributed by atoms with E-state index in [1.54, 1.807) is 6.07 Å². The van der Waals surface area contributed by atoms with Crippen molar-refractivity contribution in [2.24, 2.45) is 0 Å². The molecule has 0 saturated carbocycles. The zero-order valence-corrected chi connectivity index (χ0v) is 14.1. The molecule has 1 aromatic rings. The third kappa shape index (κ3) is 3.49. The maximum Gasteiger partial charge on any atom is 0.421 e. The normalized spacial score (nSPS) is 20.6. The van der Waals surface area contributed by atoms with E-state index >= 15 is 0 Å². The molecule has 2 nitrogen and oxygen atoms in total. The molecule has 1 atom stereocenters. The number of ether oxygens (including phenoxy) is 2. The summed E-state index contributed by atoms with van der Waals surface area (Å²) in [4.78, 5) is 0. The molecule has 0 bridgehead atoms. The van der Waals surface area contributed by atoms with E-state index in [-0.39, 0.29) is 12.2 Å². The Bertz CT molecular complexity index is 540. The molecule has 0 amide bonds. The van der Waals surface area contributed by atoms with Crippen LogP contribution in [0.25, 0.3) is 0 Å². The zero-order valence-electron chi connectivity index (χ0n) is 14.1. The minimum absolute atomic E-state index is 0.00711. The third-order valence-electron chi connectivity index (χ3n) is 4.45. The summed E-state index contributed by atoms with van der Waals surface area (Å²) in [5.41, 5.74) is -0.463. The van der Waals surface area contributed by atoms with E-state index in [4.69, 9.17) is 9.47 Å². The van der Waals surface area contributed by atoms with Crippen LogP contribution in [0.3, 0.4) is 0 Å². The first-order chi connectivity index (χ1) is 10.8. The standard InChI is InChI=1S/C18H25F3O2/c1-4-6-7-11-22-16-10-9-15-14(13(16)8-5-2)12-23-17(15,3)18(19,20)21/h9-10H,4-8,11-12H2,1-3H3. The topological polar surface area (TPSA) is 18.5 Å². The van der Waals surface area contributed by atoms with Gasteiger partial charge in [-0.2, -0.15) is 13.2 Å². The fourth-order valence-corrected chi connectivity index (χ4v) is 3.01. The molecule has 130 valence electrons. The first kappa shape index (κ1) is 18.1. The summed E-state index contributed by atoms with van der Waals surface area (Å²) in [7, 11) is 0. The SMILES string of the molecule is CCCCCOc1ccc2c(c1CCC)COC2(C)C(F)(F)F. The molecule has 1 unspecified atom stereocenters. The second-order valence-electron chi connectivity index (χ2n) is 6.19. The predicted octanol–water partition coefficient (Wildman–Crippen LogP) is 5.52. The van der Waals surface area contributed by atoms with Crippen LogP contribution in [0.1, 0.15) is 63.1 Å². The molecule has 0 spiro atoms. The highest BCUT2D eigenvalue weighted by atomic mass is 19.4. The van der Waals surface area contributed by atoms with Crippen molar-refractivity contribution in [3.05, 3.63) is 28.8 Å². The van der Waals surface area contributed by atoms with Crippen molar-refractivity contribution in [3.8, 4) is 5.75 Å². The Balaban J connectivity index is 2.32. The molecule has 0 aromatic heterocycles. The predicted molar refractivity (Wildman–Crippen MR) is 83.7 cm³/mol. The Kier molecular flexibility index (Phi) is 5.61. The van der Waals surface area contributed by atoms with Crippen LogP contribution in [0.2, 0.25) is 0 Å². The third-order valence-corrected chi connectivity index (χ3v) is 4.45. The largest absolute Gasteiger partial charge is 0.493 e. The van der Waals surface area contributed by atoms with Crippen molar-refractivity contribution in [2.75, 3.05) is 6.61 Å². The summed E-state index contributed by atoms with van der Waals surface area (Å²) >= 11 is 0. The van der Waals surface area contributed by atoms with Crippen LogP contribution in [0.15, 0.2) is 12.1 Å². The molecule has 0 radical (unpaired) electrons. The molecule has 0 aliphatic carbocycles. The molecule has 0 N–H and O–H groups in total. The average Bonchev–Trinajstić information content (AvgIpc) is 2.84. The van der Waals surface area contributed by atoms with Gasteiger partial charge in [0, 0.05) is 5.56 Å². The van der Waals surface area contributed by atoms with Crippen LogP contribution in [0.5, 0.6) is 5.75 Å². The Morgan fingerprint density at radius 3 is 2.52 bits per heavy atom. The number of halogens is 3. The van der Waals surface area contributed by atoms with Crippen molar-refractivity contribution in [1.82, 2.24) is 0 Å². The van der Waals surface area contributed by atoms with E-state index in [1.165, 1.54) is 6.07 Å². The van der Waals surface area contributed by atoms with E-state index in [2.05, 4.69) is 6.92 Å². The lowest BCUT2D eigenvalue weighted by Gasteiger charge is -2.27. The second-order valence-corrected chi connectivity index (χ2v) is 6.19. The van der Waals surface area contributed by atoms with Crippen LogP contribution in [0.4, 0.5) is 13.2 Å².